The summed E-state index contributed by atoms with van der Waals surface area (Å²) in [5.41, 5.74) is 0.270. The van der Waals surface area contributed by atoms with E-state index in [2.05, 4.69) is 15.5 Å². The molecule has 0 fully saturated rings. The molecule has 0 spiro atoms. The largest absolute Gasteiger partial charge is 0.296 e. The normalized spacial score (nSPS) is 10.1. The van der Waals surface area contributed by atoms with E-state index in [1.54, 1.807) is 6.92 Å². The minimum Gasteiger partial charge on any atom is -0.296 e. The van der Waals surface area contributed by atoms with Gasteiger partial charge in [0.05, 0.1) is 4.92 Å². The van der Waals surface area contributed by atoms with Crippen LogP contribution in [0, 0.1) is 17.0 Å². The predicted octanol–water partition coefficient (Wildman–Crippen LogP) is 2.01. The van der Waals surface area contributed by atoms with Crippen LogP contribution in [0.15, 0.2) is 24.3 Å². The number of nitrogens with zero attached hydrogens (tertiary/aromatic N) is 3. The van der Waals surface area contributed by atoms with Crippen molar-refractivity contribution in [2.45, 2.75) is 6.92 Å². The Balaban J connectivity index is 2.11. The van der Waals surface area contributed by atoms with E-state index >= 15 is 0 Å². The van der Waals surface area contributed by atoms with Crippen molar-refractivity contribution in [1.82, 2.24) is 10.2 Å². The molecule has 92 valence electrons. The van der Waals surface area contributed by atoms with Gasteiger partial charge in [-0.1, -0.05) is 11.3 Å². The molecular formula is C10H8N4O3S. The van der Waals surface area contributed by atoms with E-state index < -0.39 is 4.92 Å². The summed E-state index contributed by atoms with van der Waals surface area (Å²) in [7, 11) is 0. The number of nitrogens with one attached hydrogen (secondary N) is 1. The van der Waals surface area contributed by atoms with Crippen LogP contribution < -0.4 is 5.32 Å². The summed E-state index contributed by atoms with van der Waals surface area (Å²) < 4.78 is 0. The van der Waals surface area contributed by atoms with Gasteiger partial charge in [0.15, 0.2) is 0 Å². The van der Waals surface area contributed by atoms with E-state index in [9.17, 15) is 14.9 Å². The fraction of sp³-hybridized carbons (Fsp3) is 0.100. The third-order valence-electron chi connectivity index (χ3n) is 2.09. The first-order valence-corrected chi connectivity index (χ1v) is 5.74. The molecule has 2 rings (SSSR count). The highest BCUT2D eigenvalue weighted by molar-refractivity contribution is 7.15. The molecule has 0 aliphatic rings. The van der Waals surface area contributed by atoms with Crippen LogP contribution in [0.5, 0.6) is 0 Å². The van der Waals surface area contributed by atoms with Gasteiger partial charge < -0.3 is 0 Å². The van der Waals surface area contributed by atoms with Crippen molar-refractivity contribution in [1.29, 1.82) is 0 Å². The summed E-state index contributed by atoms with van der Waals surface area (Å²) in [6, 6.07) is 5.34. The van der Waals surface area contributed by atoms with E-state index in [-0.39, 0.29) is 11.6 Å². The lowest BCUT2D eigenvalue weighted by molar-refractivity contribution is -0.384. The fourth-order valence-electron chi connectivity index (χ4n) is 1.25. The van der Waals surface area contributed by atoms with Gasteiger partial charge in [-0.05, 0) is 19.1 Å². The standard InChI is InChI=1S/C10H8N4O3S/c1-6-12-13-10(18-6)11-9(15)7-2-4-8(5-3-7)14(16)17/h2-5H,1H3,(H,11,13,15). The molecule has 1 aromatic heterocycles. The van der Waals surface area contributed by atoms with Crippen molar-refractivity contribution in [3.05, 3.63) is 45.0 Å². The molecule has 7 nitrogen and oxygen atoms in total. The molecule has 0 unspecified atom stereocenters. The Bertz CT molecular complexity index is 593. The van der Waals surface area contributed by atoms with Gasteiger partial charge in [0, 0.05) is 17.7 Å². The van der Waals surface area contributed by atoms with Crippen molar-refractivity contribution in [2.75, 3.05) is 5.32 Å². The summed E-state index contributed by atoms with van der Waals surface area (Å²) in [4.78, 5) is 21.7. The van der Waals surface area contributed by atoms with Gasteiger partial charge in [0.25, 0.3) is 11.6 Å². The number of aromatic nitrogens is 2. The Morgan fingerprint density at radius 3 is 2.50 bits per heavy atom. The van der Waals surface area contributed by atoms with Crippen LogP contribution in [-0.4, -0.2) is 21.0 Å². The number of carbonyl (C=O) groups excluding carboxylic acids is 1. The van der Waals surface area contributed by atoms with Crippen LogP contribution in [0.4, 0.5) is 10.8 Å². The average Bonchev–Trinajstić information content (AvgIpc) is 2.75. The van der Waals surface area contributed by atoms with Crippen molar-refractivity contribution < 1.29 is 9.72 Å². The number of rotatable bonds is 3. The third-order valence-corrected chi connectivity index (χ3v) is 2.84. The van der Waals surface area contributed by atoms with Gasteiger partial charge in [0.1, 0.15) is 5.01 Å². The zero-order valence-corrected chi connectivity index (χ0v) is 10.1. The SMILES string of the molecule is Cc1nnc(NC(=O)c2ccc([N+](=O)[O-])cc2)s1. The Morgan fingerprint density at radius 2 is 2.00 bits per heavy atom. The average molecular weight is 264 g/mol. The van der Waals surface area contributed by atoms with Crippen LogP contribution in [0.25, 0.3) is 0 Å². The molecule has 0 saturated carbocycles. The number of hydrogen-bond acceptors (Lipinski definition) is 6. The lowest BCUT2D eigenvalue weighted by Gasteiger charge is -2.00. The van der Waals surface area contributed by atoms with E-state index in [1.807, 2.05) is 0 Å². The smallest absolute Gasteiger partial charge is 0.269 e. The maximum atomic E-state index is 11.8. The summed E-state index contributed by atoms with van der Waals surface area (Å²) in [6.45, 7) is 1.78. The van der Waals surface area contributed by atoms with Gasteiger partial charge in [-0.25, -0.2) is 0 Å². The lowest BCUT2D eigenvalue weighted by Crippen LogP contribution is -2.11. The zero-order chi connectivity index (χ0) is 13.1. The minimum atomic E-state index is -0.518. The number of benzene rings is 1. The van der Waals surface area contributed by atoms with Gasteiger partial charge in [-0.2, -0.15) is 0 Å². The van der Waals surface area contributed by atoms with E-state index in [4.69, 9.17) is 0 Å². The molecule has 18 heavy (non-hydrogen) atoms. The first-order valence-electron chi connectivity index (χ1n) is 4.92. The topological polar surface area (TPSA) is 98.0 Å². The molecule has 0 radical (unpaired) electrons. The molecule has 0 aliphatic carbocycles. The second kappa shape index (κ2) is 4.88. The second-order valence-electron chi connectivity index (χ2n) is 3.38. The van der Waals surface area contributed by atoms with Gasteiger partial charge in [0.2, 0.25) is 5.13 Å². The molecule has 1 heterocycles. The number of amides is 1. The summed E-state index contributed by atoms with van der Waals surface area (Å²) in [6.07, 6.45) is 0. The summed E-state index contributed by atoms with van der Waals surface area (Å²) in [5.74, 6) is -0.374. The van der Waals surface area contributed by atoms with Crippen molar-refractivity contribution in [2.24, 2.45) is 0 Å². The molecule has 1 N–H and O–H groups in total. The quantitative estimate of drug-likeness (QED) is 0.675. The number of anilines is 1. The first kappa shape index (κ1) is 12.1. The summed E-state index contributed by atoms with van der Waals surface area (Å²) >= 11 is 1.26. The number of hydrogen-bond donors (Lipinski definition) is 1. The van der Waals surface area contributed by atoms with Gasteiger partial charge in [-0.3, -0.25) is 20.2 Å². The molecule has 0 saturated heterocycles. The highest BCUT2D eigenvalue weighted by atomic mass is 32.1. The maximum Gasteiger partial charge on any atom is 0.269 e. The highest BCUT2D eigenvalue weighted by Gasteiger charge is 2.11. The fourth-order valence-corrected chi connectivity index (χ4v) is 1.84. The first-order chi connectivity index (χ1) is 8.56. The third kappa shape index (κ3) is 2.66. The summed E-state index contributed by atoms with van der Waals surface area (Å²) in [5, 5.41) is 21.7. The molecule has 0 aliphatic heterocycles. The molecule has 1 aromatic carbocycles. The second-order valence-corrected chi connectivity index (χ2v) is 4.57. The van der Waals surface area contributed by atoms with Crippen LogP contribution in [0.2, 0.25) is 0 Å². The molecule has 0 atom stereocenters. The molecule has 1 amide bonds. The van der Waals surface area contributed by atoms with Crippen molar-refractivity contribution in [3.8, 4) is 0 Å². The van der Waals surface area contributed by atoms with Crippen LogP contribution in [0.3, 0.4) is 0 Å². The van der Waals surface area contributed by atoms with E-state index in [1.165, 1.54) is 35.6 Å². The number of nitro groups is 1. The Kier molecular flexibility index (Phi) is 3.28. The molecule has 0 bridgehead atoms. The predicted molar refractivity (Wildman–Crippen MR) is 65.7 cm³/mol. The Hall–Kier alpha value is -2.35. The van der Waals surface area contributed by atoms with Crippen LogP contribution in [0.1, 0.15) is 15.4 Å². The lowest BCUT2D eigenvalue weighted by atomic mass is 10.2. The molecule has 8 heteroatoms. The number of non-ortho nitro benzene ring substituents is 1. The van der Waals surface area contributed by atoms with Gasteiger partial charge in [-0.15, -0.1) is 10.2 Å². The highest BCUT2D eigenvalue weighted by Crippen LogP contribution is 2.16. The van der Waals surface area contributed by atoms with Crippen LogP contribution in [-0.2, 0) is 0 Å². The van der Waals surface area contributed by atoms with Gasteiger partial charge >= 0.3 is 0 Å². The Morgan fingerprint density at radius 1 is 1.33 bits per heavy atom. The maximum absolute atomic E-state index is 11.8. The minimum absolute atomic E-state index is 0.0571. The van der Waals surface area contributed by atoms with E-state index in [0.717, 1.165) is 5.01 Å². The zero-order valence-electron chi connectivity index (χ0n) is 9.28. The monoisotopic (exact) mass is 264 g/mol. The van der Waals surface area contributed by atoms with E-state index in [0.29, 0.717) is 10.7 Å². The van der Waals surface area contributed by atoms with Crippen molar-refractivity contribution >= 4 is 28.1 Å². The number of nitro benzene ring substituents is 1. The Labute approximate surface area is 106 Å². The molecular weight excluding hydrogens is 256 g/mol. The molecule has 2 aromatic rings. The number of aryl methyl sites for hydroxylation is 1. The van der Waals surface area contributed by atoms with Crippen LogP contribution >= 0.6 is 11.3 Å². The van der Waals surface area contributed by atoms with Crippen molar-refractivity contribution in [3.63, 3.8) is 0 Å². The number of carbonyl (C=O) groups is 1.